The molecule has 2 aliphatic rings. The molecule has 0 unspecified atom stereocenters. The summed E-state index contributed by atoms with van der Waals surface area (Å²) in [6.07, 6.45) is 9.31. The number of methoxy groups -OCH3 is 2. The molecular weight excluding hydrogens is 430 g/mol. The monoisotopic (exact) mass is 461 g/mol. The summed E-state index contributed by atoms with van der Waals surface area (Å²) in [5.41, 5.74) is 1.50. The van der Waals surface area contributed by atoms with E-state index < -0.39 is 0 Å². The van der Waals surface area contributed by atoms with Crippen molar-refractivity contribution in [3.8, 4) is 11.5 Å². The summed E-state index contributed by atoms with van der Waals surface area (Å²) in [5.74, 6) is 3.58. The maximum atomic E-state index is 12.9. The van der Waals surface area contributed by atoms with Crippen LogP contribution < -0.4 is 14.4 Å². The lowest BCUT2D eigenvalue weighted by Crippen LogP contribution is -2.49. The smallest absolute Gasteiger partial charge is 0.255 e. The van der Waals surface area contributed by atoms with Crippen LogP contribution in [0, 0.1) is 0 Å². The molecule has 2 aromatic heterocycles. The molecule has 1 aromatic carbocycles. The van der Waals surface area contributed by atoms with Crippen molar-refractivity contribution in [1.82, 2.24) is 19.9 Å². The van der Waals surface area contributed by atoms with E-state index in [2.05, 4.69) is 9.88 Å². The number of anilines is 1. The Bertz CT molecular complexity index is 1160. The zero-order valence-electron chi connectivity index (χ0n) is 19.9. The molecule has 5 rings (SSSR count). The van der Waals surface area contributed by atoms with Crippen molar-refractivity contribution in [2.45, 2.75) is 38.0 Å². The van der Waals surface area contributed by atoms with Crippen LogP contribution in [0.25, 0.3) is 10.9 Å². The first-order chi connectivity index (χ1) is 16.7. The molecule has 0 radical (unpaired) electrons. The van der Waals surface area contributed by atoms with Gasteiger partial charge in [0.05, 0.1) is 25.3 Å². The molecule has 0 atom stereocenters. The fourth-order valence-corrected chi connectivity index (χ4v) is 5.03. The first-order valence-corrected chi connectivity index (χ1v) is 12.1. The number of nitrogens with zero attached hydrogens (tertiary/aromatic N) is 5. The number of aromatic nitrogens is 3. The minimum atomic E-state index is 0.0228. The van der Waals surface area contributed by atoms with Gasteiger partial charge in [-0.2, -0.15) is 0 Å². The molecule has 0 bridgehead atoms. The Morgan fingerprint density at radius 3 is 2.38 bits per heavy atom. The first kappa shape index (κ1) is 22.4. The Morgan fingerprint density at radius 1 is 0.971 bits per heavy atom. The van der Waals surface area contributed by atoms with Crippen molar-refractivity contribution in [2.24, 2.45) is 0 Å². The molecule has 178 valence electrons. The molecule has 1 saturated carbocycles. The average Bonchev–Trinajstić information content (AvgIpc) is 2.92. The van der Waals surface area contributed by atoms with Gasteiger partial charge in [-0.05, 0) is 31.0 Å². The normalized spacial score (nSPS) is 17.1. The molecule has 3 heterocycles. The summed E-state index contributed by atoms with van der Waals surface area (Å²) in [7, 11) is 3.29. The van der Waals surface area contributed by atoms with Crippen molar-refractivity contribution >= 4 is 22.6 Å². The largest absolute Gasteiger partial charge is 0.493 e. The summed E-state index contributed by atoms with van der Waals surface area (Å²) in [5, 5.41) is 0.948. The van der Waals surface area contributed by atoms with Crippen LogP contribution in [-0.4, -0.2) is 66.2 Å². The second-order valence-electron chi connectivity index (χ2n) is 8.99. The standard InChI is InChI=1S/C26H31N5O3/c1-33-22-15-20-21(16-23(22)34-2)28-24(18-7-4-3-5-8-18)29-25(20)30-11-13-31(14-12-30)26(32)19-9-6-10-27-17-19/h6,9-10,15-18H,3-5,7-8,11-14H2,1-2H3. The number of ether oxygens (including phenoxy) is 2. The third kappa shape index (κ3) is 4.36. The zero-order chi connectivity index (χ0) is 23.5. The van der Waals surface area contributed by atoms with Gasteiger partial charge in [0.2, 0.25) is 0 Å². The Hall–Kier alpha value is -3.42. The highest BCUT2D eigenvalue weighted by Gasteiger charge is 2.27. The number of hydrogen-bond acceptors (Lipinski definition) is 7. The Morgan fingerprint density at radius 2 is 1.71 bits per heavy atom. The first-order valence-electron chi connectivity index (χ1n) is 12.1. The van der Waals surface area contributed by atoms with E-state index in [1.54, 1.807) is 32.7 Å². The lowest BCUT2D eigenvalue weighted by molar-refractivity contribution is 0.0746. The topological polar surface area (TPSA) is 80.7 Å². The predicted octanol–water partition coefficient (Wildman–Crippen LogP) is 4.05. The molecule has 2 fully saturated rings. The number of rotatable bonds is 5. The molecule has 1 saturated heterocycles. The Labute approximate surface area is 199 Å². The maximum absolute atomic E-state index is 12.9. The van der Waals surface area contributed by atoms with E-state index in [0.717, 1.165) is 35.4 Å². The summed E-state index contributed by atoms with van der Waals surface area (Å²) in [6.45, 7) is 2.67. The summed E-state index contributed by atoms with van der Waals surface area (Å²) >= 11 is 0. The number of carbonyl (C=O) groups is 1. The van der Waals surface area contributed by atoms with Gasteiger partial charge < -0.3 is 19.3 Å². The molecule has 1 aliphatic carbocycles. The van der Waals surface area contributed by atoms with Gasteiger partial charge in [0.15, 0.2) is 11.5 Å². The van der Waals surface area contributed by atoms with E-state index in [0.29, 0.717) is 49.2 Å². The predicted molar refractivity (Wildman–Crippen MR) is 131 cm³/mol. The summed E-state index contributed by atoms with van der Waals surface area (Å²) in [6, 6.07) is 7.54. The van der Waals surface area contributed by atoms with Crippen LogP contribution >= 0.6 is 0 Å². The fourth-order valence-electron chi connectivity index (χ4n) is 5.03. The number of amides is 1. The molecule has 8 heteroatoms. The Kier molecular flexibility index (Phi) is 6.47. The SMILES string of the molecule is COc1cc2nc(C3CCCCC3)nc(N3CCN(C(=O)c4cccnc4)CC3)c2cc1OC. The molecule has 1 aliphatic heterocycles. The Balaban J connectivity index is 1.47. The molecule has 0 N–H and O–H groups in total. The molecule has 0 spiro atoms. The van der Waals surface area contributed by atoms with E-state index >= 15 is 0 Å². The third-order valence-electron chi connectivity index (χ3n) is 6.94. The zero-order valence-corrected chi connectivity index (χ0v) is 19.9. The second kappa shape index (κ2) is 9.83. The highest BCUT2D eigenvalue weighted by molar-refractivity contribution is 5.95. The number of carbonyl (C=O) groups excluding carboxylic acids is 1. The number of hydrogen-bond donors (Lipinski definition) is 0. The molecule has 34 heavy (non-hydrogen) atoms. The fraction of sp³-hybridized carbons (Fsp3) is 0.462. The summed E-state index contributed by atoms with van der Waals surface area (Å²) in [4.78, 5) is 31.2. The number of piperazine rings is 1. The molecular formula is C26H31N5O3. The van der Waals surface area contributed by atoms with Gasteiger partial charge in [-0.15, -0.1) is 0 Å². The van der Waals surface area contributed by atoms with Gasteiger partial charge in [0.25, 0.3) is 5.91 Å². The van der Waals surface area contributed by atoms with Crippen LogP contribution in [0.3, 0.4) is 0 Å². The van der Waals surface area contributed by atoms with E-state index in [9.17, 15) is 4.79 Å². The van der Waals surface area contributed by atoms with Crippen LogP contribution in [0.4, 0.5) is 5.82 Å². The minimum Gasteiger partial charge on any atom is -0.493 e. The van der Waals surface area contributed by atoms with Gasteiger partial charge in [0.1, 0.15) is 11.6 Å². The molecule has 3 aromatic rings. The number of benzene rings is 1. The van der Waals surface area contributed by atoms with Crippen molar-refractivity contribution in [3.63, 3.8) is 0 Å². The van der Waals surface area contributed by atoms with Crippen molar-refractivity contribution in [3.05, 3.63) is 48.0 Å². The van der Waals surface area contributed by atoms with E-state index in [1.807, 2.05) is 23.1 Å². The highest BCUT2D eigenvalue weighted by atomic mass is 16.5. The van der Waals surface area contributed by atoms with Gasteiger partial charge in [-0.3, -0.25) is 9.78 Å². The van der Waals surface area contributed by atoms with Crippen molar-refractivity contribution in [2.75, 3.05) is 45.3 Å². The molecule has 1 amide bonds. The van der Waals surface area contributed by atoms with E-state index in [-0.39, 0.29) is 5.91 Å². The van der Waals surface area contributed by atoms with Crippen molar-refractivity contribution in [1.29, 1.82) is 0 Å². The minimum absolute atomic E-state index is 0.0228. The third-order valence-corrected chi connectivity index (χ3v) is 6.94. The van der Waals surface area contributed by atoms with E-state index in [1.165, 1.54) is 19.3 Å². The quantitative estimate of drug-likeness (QED) is 0.567. The summed E-state index contributed by atoms with van der Waals surface area (Å²) < 4.78 is 11.1. The van der Waals surface area contributed by atoms with Crippen LogP contribution in [0.5, 0.6) is 11.5 Å². The van der Waals surface area contributed by atoms with Gasteiger partial charge >= 0.3 is 0 Å². The van der Waals surface area contributed by atoms with Crippen molar-refractivity contribution < 1.29 is 14.3 Å². The number of fused-ring (bicyclic) bond motifs is 1. The van der Waals surface area contributed by atoms with Gasteiger partial charge in [0, 0.05) is 55.9 Å². The van der Waals surface area contributed by atoms with E-state index in [4.69, 9.17) is 19.4 Å². The van der Waals surface area contributed by atoms with Gasteiger partial charge in [-0.25, -0.2) is 9.97 Å². The van der Waals surface area contributed by atoms with Crippen LogP contribution in [0.1, 0.15) is 54.2 Å². The highest BCUT2D eigenvalue weighted by Crippen LogP contribution is 2.38. The van der Waals surface area contributed by atoms with Crippen LogP contribution in [-0.2, 0) is 0 Å². The molecule has 8 nitrogen and oxygen atoms in total. The average molecular weight is 462 g/mol. The maximum Gasteiger partial charge on any atom is 0.255 e. The van der Waals surface area contributed by atoms with Gasteiger partial charge in [-0.1, -0.05) is 19.3 Å². The lowest BCUT2D eigenvalue weighted by Gasteiger charge is -2.36. The second-order valence-corrected chi connectivity index (χ2v) is 8.99. The van der Waals surface area contributed by atoms with Crippen LogP contribution in [0.15, 0.2) is 36.7 Å². The number of pyridine rings is 1. The van der Waals surface area contributed by atoms with Crippen LogP contribution in [0.2, 0.25) is 0 Å². The lowest BCUT2D eigenvalue weighted by atomic mass is 9.88.